The Morgan fingerprint density at radius 1 is 1.33 bits per heavy atom. The van der Waals surface area contributed by atoms with Gasteiger partial charge in [0.15, 0.2) is 0 Å². The van der Waals surface area contributed by atoms with Crippen molar-refractivity contribution in [3.05, 3.63) is 30.1 Å². The zero-order valence-electron chi connectivity index (χ0n) is 11.1. The first-order chi connectivity index (χ1) is 8.61. The Hall–Kier alpha value is -1.13. The van der Waals surface area contributed by atoms with Crippen LogP contribution in [0.15, 0.2) is 24.3 Å². The zero-order valence-corrected chi connectivity index (χ0v) is 11.1. The van der Waals surface area contributed by atoms with Gasteiger partial charge < -0.3 is 15.5 Å². The molecule has 2 rings (SSSR count). The molecular weight excluding hydrogens is 229 g/mol. The van der Waals surface area contributed by atoms with Crippen LogP contribution >= 0.6 is 0 Å². The highest BCUT2D eigenvalue weighted by Gasteiger charge is 2.25. The maximum Gasteiger partial charge on any atom is 0.123 e. The summed E-state index contributed by atoms with van der Waals surface area (Å²) in [6.07, 6.45) is 1.10. The third-order valence-electron chi connectivity index (χ3n) is 3.91. The highest BCUT2D eigenvalue weighted by molar-refractivity contribution is 5.47. The maximum atomic E-state index is 13.0. The number of nitrogens with zero attached hydrogens (tertiary/aromatic N) is 2. The number of anilines is 1. The number of benzene rings is 1. The van der Waals surface area contributed by atoms with E-state index in [1.165, 1.54) is 12.1 Å². The Morgan fingerprint density at radius 2 is 2.00 bits per heavy atom. The van der Waals surface area contributed by atoms with Gasteiger partial charge in [-0.2, -0.15) is 0 Å². The fourth-order valence-corrected chi connectivity index (χ4v) is 2.51. The van der Waals surface area contributed by atoms with Crippen LogP contribution in [0.4, 0.5) is 10.1 Å². The third-order valence-corrected chi connectivity index (χ3v) is 3.91. The molecule has 0 aliphatic carbocycles. The second-order valence-electron chi connectivity index (χ2n) is 5.14. The molecule has 1 aromatic rings. The van der Waals surface area contributed by atoms with Gasteiger partial charge in [0, 0.05) is 31.4 Å². The number of halogens is 1. The van der Waals surface area contributed by atoms with Crippen molar-refractivity contribution in [1.29, 1.82) is 0 Å². The molecule has 2 unspecified atom stereocenters. The van der Waals surface area contributed by atoms with E-state index in [2.05, 4.69) is 23.8 Å². The van der Waals surface area contributed by atoms with Crippen LogP contribution in [0.3, 0.4) is 0 Å². The van der Waals surface area contributed by atoms with E-state index in [1.807, 2.05) is 12.1 Å². The second-order valence-corrected chi connectivity index (χ2v) is 5.14. The van der Waals surface area contributed by atoms with Crippen molar-refractivity contribution in [2.45, 2.75) is 25.4 Å². The van der Waals surface area contributed by atoms with Crippen molar-refractivity contribution < 1.29 is 4.39 Å². The van der Waals surface area contributed by atoms with E-state index >= 15 is 0 Å². The van der Waals surface area contributed by atoms with Gasteiger partial charge in [0.2, 0.25) is 0 Å². The second kappa shape index (κ2) is 5.67. The number of nitrogens with two attached hydrogens (primary N) is 1. The molecule has 0 bridgehead atoms. The highest BCUT2D eigenvalue weighted by Crippen LogP contribution is 2.22. The standard InChI is InChI=1S/C14H22FN3/c1-11-7-8-18(14(9-16)10-17(11)2)13-5-3-12(15)4-6-13/h3-6,11,14H,7-10,16H2,1-2H3. The molecule has 0 spiro atoms. The van der Waals surface area contributed by atoms with E-state index in [-0.39, 0.29) is 5.82 Å². The van der Waals surface area contributed by atoms with Gasteiger partial charge in [-0.3, -0.25) is 0 Å². The average molecular weight is 251 g/mol. The predicted octanol–water partition coefficient (Wildman–Crippen LogP) is 1.68. The van der Waals surface area contributed by atoms with Crippen molar-refractivity contribution in [2.75, 3.05) is 31.6 Å². The lowest BCUT2D eigenvalue weighted by Gasteiger charge is -2.32. The molecule has 0 radical (unpaired) electrons. The van der Waals surface area contributed by atoms with Gasteiger partial charge in [0.25, 0.3) is 0 Å². The van der Waals surface area contributed by atoms with E-state index in [0.29, 0.717) is 18.6 Å². The molecule has 1 aromatic carbocycles. The van der Waals surface area contributed by atoms with Crippen molar-refractivity contribution in [1.82, 2.24) is 4.90 Å². The quantitative estimate of drug-likeness (QED) is 0.868. The molecule has 2 atom stereocenters. The average Bonchev–Trinajstić information content (AvgIpc) is 2.51. The topological polar surface area (TPSA) is 32.5 Å². The summed E-state index contributed by atoms with van der Waals surface area (Å²) in [6.45, 7) is 4.78. The summed E-state index contributed by atoms with van der Waals surface area (Å²) >= 11 is 0. The van der Waals surface area contributed by atoms with Crippen LogP contribution in [0.25, 0.3) is 0 Å². The van der Waals surface area contributed by atoms with Gasteiger partial charge >= 0.3 is 0 Å². The Labute approximate surface area is 108 Å². The van der Waals surface area contributed by atoms with Crippen LogP contribution in [-0.2, 0) is 0 Å². The summed E-state index contributed by atoms with van der Waals surface area (Å²) in [5.41, 5.74) is 6.96. The largest absolute Gasteiger partial charge is 0.366 e. The van der Waals surface area contributed by atoms with Crippen LogP contribution in [0.5, 0.6) is 0 Å². The van der Waals surface area contributed by atoms with Gasteiger partial charge in [-0.05, 0) is 44.7 Å². The fraction of sp³-hybridized carbons (Fsp3) is 0.571. The summed E-state index contributed by atoms with van der Waals surface area (Å²) < 4.78 is 13.0. The van der Waals surface area contributed by atoms with E-state index in [9.17, 15) is 4.39 Å². The minimum absolute atomic E-state index is 0.191. The van der Waals surface area contributed by atoms with E-state index in [1.54, 1.807) is 0 Å². The minimum Gasteiger partial charge on any atom is -0.366 e. The molecule has 18 heavy (non-hydrogen) atoms. The monoisotopic (exact) mass is 251 g/mol. The Bertz CT molecular complexity index is 379. The SMILES string of the molecule is CC1CCN(c2ccc(F)cc2)C(CN)CN1C. The number of hydrogen-bond acceptors (Lipinski definition) is 3. The van der Waals surface area contributed by atoms with Crippen LogP contribution in [0.1, 0.15) is 13.3 Å². The molecule has 1 aliphatic rings. The molecule has 1 aliphatic heterocycles. The van der Waals surface area contributed by atoms with Crippen molar-refractivity contribution in [3.8, 4) is 0 Å². The van der Waals surface area contributed by atoms with Gasteiger partial charge in [0.1, 0.15) is 5.82 Å². The van der Waals surface area contributed by atoms with Crippen molar-refractivity contribution in [2.24, 2.45) is 5.73 Å². The maximum absolute atomic E-state index is 13.0. The molecule has 1 heterocycles. The normalized spacial score (nSPS) is 26.1. The minimum atomic E-state index is -0.191. The fourth-order valence-electron chi connectivity index (χ4n) is 2.51. The summed E-state index contributed by atoms with van der Waals surface area (Å²) in [6, 6.07) is 7.57. The molecule has 0 saturated carbocycles. The molecule has 3 nitrogen and oxygen atoms in total. The predicted molar refractivity (Wildman–Crippen MR) is 73.3 cm³/mol. The first-order valence-corrected chi connectivity index (χ1v) is 6.54. The summed E-state index contributed by atoms with van der Waals surface area (Å²) in [4.78, 5) is 4.65. The van der Waals surface area contributed by atoms with Gasteiger partial charge in [-0.1, -0.05) is 0 Å². The first-order valence-electron chi connectivity index (χ1n) is 6.54. The van der Waals surface area contributed by atoms with Crippen LogP contribution in [-0.4, -0.2) is 43.7 Å². The van der Waals surface area contributed by atoms with E-state index < -0.39 is 0 Å². The molecule has 2 N–H and O–H groups in total. The molecule has 100 valence electrons. The Morgan fingerprint density at radius 3 is 2.61 bits per heavy atom. The smallest absolute Gasteiger partial charge is 0.123 e. The zero-order chi connectivity index (χ0) is 13.1. The van der Waals surface area contributed by atoms with Gasteiger partial charge in [-0.15, -0.1) is 0 Å². The molecule has 0 aromatic heterocycles. The lowest BCUT2D eigenvalue weighted by Crippen LogP contribution is -2.45. The molecule has 1 fully saturated rings. The van der Waals surface area contributed by atoms with E-state index in [0.717, 1.165) is 25.2 Å². The number of likely N-dealkylation sites (N-methyl/N-ethyl adjacent to an activating group) is 1. The number of hydrogen-bond donors (Lipinski definition) is 1. The molecule has 0 amide bonds. The highest BCUT2D eigenvalue weighted by atomic mass is 19.1. The molecule has 1 saturated heterocycles. The molecule has 4 heteroatoms. The first kappa shape index (κ1) is 13.3. The Balaban J connectivity index is 2.21. The van der Waals surface area contributed by atoms with E-state index in [4.69, 9.17) is 5.73 Å². The lowest BCUT2D eigenvalue weighted by molar-refractivity contribution is 0.256. The van der Waals surface area contributed by atoms with Gasteiger partial charge in [-0.25, -0.2) is 4.39 Å². The van der Waals surface area contributed by atoms with Crippen molar-refractivity contribution >= 4 is 5.69 Å². The lowest BCUT2D eigenvalue weighted by atomic mass is 10.2. The summed E-state index contributed by atoms with van der Waals surface area (Å²) in [5.74, 6) is -0.191. The van der Waals surface area contributed by atoms with Crippen LogP contribution < -0.4 is 10.6 Å². The summed E-state index contributed by atoms with van der Waals surface area (Å²) in [7, 11) is 2.14. The third kappa shape index (κ3) is 2.82. The number of rotatable bonds is 2. The van der Waals surface area contributed by atoms with Gasteiger partial charge in [0.05, 0.1) is 6.04 Å². The summed E-state index contributed by atoms with van der Waals surface area (Å²) in [5, 5.41) is 0. The van der Waals surface area contributed by atoms with Crippen molar-refractivity contribution in [3.63, 3.8) is 0 Å². The van der Waals surface area contributed by atoms with Crippen LogP contribution in [0.2, 0.25) is 0 Å². The molecular formula is C14H22FN3. The van der Waals surface area contributed by atoms with Crippen LogP contribution in [0, 0.1) is 5.82 Å². The Kier molecular flexibility index (Phi) is 4.19.